The minimum atomic E-state index is -4.51. The van der Waals surface area contributed by atoms with Crippen LogP contribution in [0.2, 0.25) is 0 Å². The van der Waals surface area contributed by atoms with Gasteiger partial charge in [-0.1, -0.05) is 6.92 Å². The van der Waals surface area contributed by atoms with Gasteiger partial charge in [-0.25, -0.2) is 9.97 Å². The first-order valence-electron chi connectivity index (χ1n) is 9.43. The van der Waals surface area contributed by atoms with Gasteiger partial charge in [-0.15, -0.1) is 0 Å². The molecule has 1 unspecified atom stereocenters. The summed E-state index contributed by atoms with van der Waals surface area (Å²) >= 11 is 0. The zero-order chi connectivity index (χ0) is 23.0. The number of amides is 2. The van der Waals surface area contributed by atoms with Crippen molar-refractivity contribution in [1.82, 2.24) is 15.3 Å². The van der Waals surface area contributed by atoms with Crippen LogP contribution in [0.15, 0.2) is 30.6 Å². The van der Waals surface area contributed by atoms with Crippen LogP contribution in [0.1, 0.15) is 48.7 Å². The van der Waals surface area contributed by atoms with Gasteiger partial charge in [-0.05, 0) is 37.1 Å². The van der Waals surface area contributed by atoms with Crippen molar-refractivity contribution in [2.45, 2.75) is 38.9 Å². The first kappa shape index (κ1) is 23.9. The molecule has 0 aliphatic carbocycles. The van der Waals surface area contributed by atoms with E-state index < -0.39 is 24.7 Å². The molecule has 31 heavy (non-hydrogen) atoms. The van der Waals surface area contributed by atoms with Gasteiger partial charge in [0.05, 0.1) is 13.2 Å². The fraction of sp³-hybridized carbons (Fsp3) is 0.400. The minimum Gasteiger partial charge on any atom is -0.491 e. The molecule has 0 saturated heterocycles. The number of alkyl halides is 3. The molecule has 0 bridgehead atoms. The van der Waals surface area contributed by atoms with E-state index >= 15 is 0 Å². The van der Waals surface area contributed by atoms with Crippen molar-refractivity contribution in [3.05, 3.63) is 41.7 Å². The summed E-state index contributed by atoms with van der Waals surface area (Å²) in [7, 11) is 1.27. The van der Waals surface area contributed by atoms with Crippen LogP contribution in [0.4, 0.5) is 19.0 Å². The van der Waals surface area contributed by atoms with Crippen molar-refractivity contribution in [3.8, 4) is 11.6 Å². The highest BCUT2D eigenvalue weighted by atomic mass is 19.4. The number of hydrogen-bond acceptors (Lipinski definition) is 6. The van der Waals surface area contributed by atoms with Crippen LogP contribution in [0.5, 0.6) is 11.6 Å². The van der Waals surface area contributed by atoms with Gasteiger partial charge in [-0.2, -0.15) is 13.2 Å². The topological polar surface area (TPSA) is 102 Å². The Morgan fingerprint density at radius 1 is 1.23 bits per heavy atom. The molecule has 1 atom stereocenters. The van der Waals surface area contributed by atoms with Crippen LogP contribution in [-0.2, 0) is 4.79 Å². The Labute approximate surface area is 177 Å². The fourth-order valence-corrected chi connectivity index (χ4v) is 2.52. The molecule has 2 amide bonds. The first-order chi connectivity index (χ1) is 14.6. The molecule has 0 fully saturated rings. The Kier molecular flexibility index (Phi) is 8.17. The monoisotopic (exact) mass is 440 g/mol. The van der Waals surface area contributed by atoms with E-state index in [9.17, 15) is 22.8 Å². The van der Waals surface area contributed by atoms with Crippen LogP contribution in [0.25, 0.3) is 0 Å². The van der Waals surface area contributed by atoms with Crippen LogP contribution >= 0.6 is 0 Å². The van der Waals surface area contributed by atoms with Crippen LogP contribution in [0.3, 0.4) is 0 Å². The number of ether oxygens (including phenoxy) is 2. The van der Waals surface area contributed by atoms with Gasteiger partial charge < -0.3 is 20.1 Å². The zero-order valence-corrected chi connectivity index (χ0v) is 17.2. The lowest BCUT2D eigenvalue weighted by Gasteiger charge is -2.17. The van der Waals surface area contributed by atoms with Crippen LogP contribution in [-0.4, -0.2) is 41.7 Å². The fourth-order valence-electron chi connectivity index (χ4n) is 2.52. The van der Waals surface area contributed by atoms with E-state index in [1.807, 2.05) is 6.92 Å². The average molecular weight is 440 g/mol. The van der Waals surface area contributed by atoms with Gasteiger partial charge >= 0.3 is 6.18 Å². The van der Waals surface area contributed by atoms with Gasteiger partial charge in [0.25, 0.3) is 11.8 Å². The lowest BCUT2D eigenvalue weighted by Crippen LogP contribution is -2.27. The maximum Gasteiger partial charge on any atom is 0.422 e. The number of nitrogens with one attached hydrogen (secondary N) is 2. The molecule has 2 aromatic rings. The number of halogens is 3. The summed E-state index contributed by atoms with van der Waals surface area (Å²) in [5.41, 5.74) is 0.772. The summed E-state index contributed by atoms with van der Waals surface area (Å²) < 4.78 is 46.8. The van der Waals surface area contributed by atoms with Gasteiger partial charge in [0.15, 0.2) is 12.4 Å². The van der Waals surface area contributed by atoms with Crippen molar-refractivity contribution in [2.24, 2.45) is 0 Å². The molecule has 8 nitrogen and oxygen atoms in total. The van der Waals surface area contributed by atoms with Gasteiger partial charge in [0, 0.05) is 24.4 Å². The van der Waals surface area contributed by atoms with E-state index in [-0.39, 0.29) is 28.9 Å². The van der Waals surface area contributed by atoms with Gasteiger partial charge in [0.1, 0.15) is 5.82 Å². The van der Waals surface area contributed by atoms with Crippen molar-refractivity contribution >= 4 is 17.6 Å². The number of rotatable bonds is 9. The number of hydrogen-bond donors (Lipinski definition) is 2. The molecule has 0 saturated carbocycles. The number of methoxy groups -OCH3 is 1. The van der Waals surface area contributed by atoms with Gasteiger partial charge in [0.2, 0.25) is 5.91 Å². The van der Waals surface area contributed by atoms with Crippen molar-refractivity contribution in [3.63, 3.8) is 0 Å². The predicted octanol–water partition coefficient (Wildman–Crippen LogP) is 3.66. The van der Waals surface area contributed by atoms with E-state index in [4.69, 9.17) is 4.74 Å². The van der Waals surface area contributed by atoms with Crippen LogP contribution in [0, 0.1) is 0 Å². The van der Waals surface area contributed by atoms with E-state index in [0.717, 1.165) is 0 Å². The Morgan fingerprint density at radius 3 is 2.61 bits per heavy atom. The molecule has 11 heteroatoms. The summed E-state index contributed by atoms with van der Waals surface area (Å²) in [4.78, 5) is 32.2. The Bertz CT molecular complexity index is 922. The molecule has 0 radical (unpaired) electrons. The third-order valence-electron chi connectivity index (χ3n) is 4.05. The maximum absolute atomic E-state index is 12.6. The standard InChI is InChI=1S/C20H23F3N4O4/c1-4-5-17(28)27-16-9-13(6-7-24-16)18(29)26-12(2)14-8-15(30-3)19(25-10-14)31-11-20(21,22)23/h6-10,12H,4-5,11H2,1-3H3,(H,26,29)(H,24,27,28). The molecule has 0 aliphatic heterocycles. The quantitative estimate of drug-likeness (QED) is 0.617. The number of carbonyl (C=O) groups is 2. The molecule has 2 rings (SSSR count). The molecular formula is C20H23F3N4O4. The third kappa shape index (κ3) is 7.43. The van der Waals surface area contributed by atoms with E-state index in [1.54, 1.807) is 6.92 Å². The summed E-state index contributed by atoms with van der Waals surface area (Å²) in [6.07, 6.45) is -0.791. The predicted molar refractivity (Wildman–Crippen MR) is 106 cm³/mol. The highest BCUT2D eigenvalue weighted by molar-refractivity contribution is 5.96. The van der Waals surface area contributed by atoms with Crippen LogP contribution < -0.4 is 20.1 Å². The number of nitrogens with zero attached hydrogens (tertiary/aromatic N) is 2. The number of anilines is 1. The second-order valence-electron chi connectivity index (χ2n) is 6.60. The molecule has 0 aromatic carbocycles. The lowest BCUT2D eigenvalue weighted by atomic mass is 10.1. The average Bonchev–Trinajstić information content (AvgIpc) is 2.71. The summed E-state index contributed by atoms with van der Waals surface area (Å²) in [6.45, 7) is 2.05. The number of aromatic nitrogens is 2. The molecule has 0 aliphatic rings. The third-order valence-corrected chi connectivity index (χ3v) is 4.05. The Balaban J connectivity index is 2.08. The zero-order valence-electron chi connectivity index (χ0n) is 17.2. The summed E-state index contributed by atoms with van der Waals surface area (Å²) in [6, 6.07) is 3.83. The lowest BCUT2D eigenvalue weighted by molar-refractivity contribution is -0.154. The number of carbonyl (C=O) groups excluding carboxylic acids is 2. The van der Waals surface area contributed by atoms with E-state index in [0.29, 0.717) is 18.4 Å². The van der Waals surface area contributed by atoms with Gasteiger partial charge in [-0.3, -0.25) is 9.59 Å². The second kappa shape index (κ2) is 10.6. The second-order valence-corrected chi connectivity index (χ2v) is 6.60. The largest absolute Gasteiger partial charge is 0.491 e. The first-order valence-corrected chi connectivity index (χ1v) is 9.43. The molecule has 2 aromatic heterocycles. The van der Waals surface area contributed by atoms with Crippen molar-refractivity contribution in [2.75, 3.05) is 19.0 Å². The molecule has 2 heterocycles. The molecular weight excluding hydrogens is 417 g/mol. The number of pyridine rings is 2. The van der Waals surface area contributed by atoms with Crippen molar-refractivity contribution in [1.29, 1.82) is 0 Å². The highest BCUT2D eigenvalue weighted by Crippen LogP contribution is 2.29. The molecule has 0 spiro atoms. The smallest absolute Gasteiger partial charge is 0.422 e. The maximum atomic E-state index is 12.6. The molecule has 2 N–H and O–H groups in total. The van der Waals surface area contributed by atoms with Crippen molar-refractivity contribution < 1.29 is 32.2 Å². The van der Waals surface area contributed by atoms with E-state index in [1.165, 1.54) is 37.7 Å². The highest BCUT2D eigenvalue weighted by Gasteiger charge is 2.29. The molecule has 168 valence electrons. The summed E-state index contributed by atoms with van der Waals surface area (Å²) in [5.74, 6) is -0.672. The normalized spacial score (nSPS) is 12.1. The Hall–Kier alpha value is -3.37. The van der Waals surface area contributed by atoms with E-state index in [2.05, 4.69) is 25.3 Å². The Morgan fingerprint density at radius 2 is 1.97 bits per heavy atom. The summed E-state index contributed by atoms with van der Waals surface area (Å²) in [5, 5.41) is 5.37. The SMILES string of the molecule is CCCC(=O)Nc1cc(C(=O)NC(C)c2cnc(OCC(F)(F)F)c(OC)c2)ccn1. The minimum absolute atomic E-state index is 0.00711.